The molecule has 1 aromatic carbocycles. The largest absolute Gasteiger partial charge is 0.488 e. The van der Waals surface area contributed by atoms with Gasteiger partial charge in [0.15, 0.2) is 11.6 Å². The van der Waals surface area contributed by atoms with Crippen LogP contribution >= 0.6 is 0 Å². The SMILES string of the molecule is CCOC(=O)c1cn2c3c(c(F)c(F)c(N)c3c1=O)OCCC2(C)C. The Morgan fingerprint density at radius 1 is 1.40 bits per heavy atom. The summed E-state index contributed by atoms with van der Waals surface area (Å²) in [6.07, 6.45) is 1.75. The fourth-order valence-corrected chi connectivity index (χ4v) is 3.01. The smallest absolute Gasteiger partial charge is 0.343 e. The van der Waals surface area contributed by atoms with Crippen molar-refractivity contribution in [1.82, 2.24) is 4.57 Å². The van der Waals surface area contributed by atoms with Crippen LogP contribution in [0.2, 0.25) is 0 Å². The van der Waals surface area contributed by atoms with Gasteiger partial charge in [-0.2, -0.15) is 4.39 Å². The Balaban J connectivity index is 2.55. The maximum Gasteiger partial charge on any atom is 0.343 e. The summed E-state index contributed by atoms with van der Waals surface area (Å²) in [4.78, 5) is 24.9. The van der Waals surface area contributed by atoms with Crippen molar-refractivity contribution in [2.24, 2.45) is 0 Å². The number of benzene rings is 1. The van der Waals surface area contributed by atoms with Crippen molar-refractivity contribution < 1.29 is 23.0 Å². The van der Waals surface area contributed by atoms with Gasteiger partial charge in [0.25, 0.3) is 0 Å². The summed E-state index contributed by atoms with van der Waals surface area (Å²) in [7, 11) is 0. The summed E-state index contributed by atoms with van der Waals surface area (Å²) < 4.78 is 40.4. The maximum atomic E-state index is 14.4. The van der Waals surface area contributed by atoms with Gasteiger partial charge in [-0.15, -0.1) is 0 Å². The maximum absolute atomic E-state index is 14.4. The zero-order valence-corrected chi connectivity index (χ0v) is 14.1. The van der Waals surface area contributed by atoms with Gasteiger partial charge in [0.1, 0.15) is 11.1 Å². The van der Waals surface area contributed by atoms with Crippen LogP contribution in [0.25, 0.3) is 10.9 Å². The van der Waals surface area contributed by atoms with Crippen molar-refractivity contribution in [1.29, 1.82) is 0 Å². The molecule has 0 aliphatic carbocycles. The van der Waals surface area contributed by atoms with E-state index in [0.29, 0.717) is 6.42 Å². The Kier molecular flexibility index (Phi) is 3.93. The number of aromatic nitrogens is 1. The van der Waals surface area contributed by atoms with Crippen LogP contribution in [0.3, 0.4) is 0 Å². The number of ether oxygens (including phenoxy) is 2. The Bertz CT molecular complexity index is 950. The van der Waals surface area contributed by atoms with Crippen LogP contribution < -0.4 is 15.9 Å². The molecule has 2 heterocycles. The quantitative estimate of drug-likeness (QED) is 0.663. The summed E-state index contributed by atoms with van der Waals surface area (Å²) in [6, 6.07) is 0. The Morgan fingerprint density at radius 3 is 2.72 bits per heavy atom. The van der Waals surface area contributed by atoms with Crippen molar-refractivity contribution in [3.63, 3.8) is 0 Å². The lowest BCUT2D eigenvalue weighted by Gasteiger charge is -2.28. The zero-order valence-electron chi connectivity index (χ0n) is 14.1. The van der Waals surface area contributed by atoms with E-state index in [1.807, 2.05) is 13.8 Å². The third-order valence-electron chi connectivity index (χ3n) is 4.43. The van der Waals surface area contributed by atoms with Gasteiger partial charge in [-0.3, -0.25) is 4.79 Å². The number of esters is 1. The number of carbonyl (C=O) groups excluding carboxylic acids is 1. The van der Waals surface area contributed by atoms with Crippen LogP contribution in [-0.2, 0) is 10.3 Å². The van der Waals surface area contributed by atoms with E-state index in [4.69, 9.17) is 15.2 Å². The average molecular weight is 352 g/mol. The van der Waals surface area contributed by atoms with Gasteiger partial charge >= 0.3 is 5.97 Å². The highest BCUT2D eigenvalue weighted by Crippen LogP contribution is 2.39. The molecular formula is C17H18F2N2O4. The molecule has 0 fully saturated rings. The molecule has 0 bridgehead atoms. The molecule has 134 valence electrons. The van der Waals surface area contributed by atoms with E-state index in [-0.39, 0.29) is 35.4 Å². The lowest BCUT2D eigenvalue weighted by molar-refractivity contribution is 0.0523. The molecule has 1 aromatic heterocycles. The number of halogens is 2. The molecule has 0 radical (unpaired) electrons. The molecule has 8 heteroatoms. The first-order valence-electron chi connectivity index (χ1n) is 7.87. The Hall–Kier alpha value is -2.64. The molecule has 25 heavy (non-hydrogen) atoms. The second-order valence-corrected chi connectivity index (χ2v) is 6.47. The number of rotatable bonds is 2. The van der Waals surface area contributed by atoms with Gasteiger partial charge in [0, 0.05) is 18.2 Å². The predicted molar refractivity (Wildman–Crippen MR) is 87.9 cm³/mol. The number of hydrogen-bond donors (Lipinski definition) is 1. The fraction of sp³-hybridized carbons (Fsp3) is 0.412. The minimum Gasteiger partial charge on any atom is -0.488 e. The monoisotopic (exact) mass is 352 g/mol. The number of nitrogens with two attached hydrogens (primary N) is 1. The van der Waals surface area contributed by atoms with Gasteiger partial charge in [-0.05, 0) is 20.8 Å². The predicted octanol–water partition coefficient (Wildman–Crippen LogP) is 2.56. The molecule has 1 aliphatic heterocycles. The minimum absolute atomic E-state index is 0.0388. The second-order valence-electron chi connectivity index (χ2n) is 6.47. The van der Waals surface area contributed by atoms with Crippen molar-refractivity contribution in [2.75, 3.05) is 18.9 Å². The van der Waals surface area contributed by atoms with Crippen molar-refractivity contribution >= 4 is 22.6 Å². The average Bonchev–Trinajstić information content (AvgIpc) is 2.67. The third kappa shape index (κ3) is 2.43. The van der Waals surface area contributed by atoms with E-state index in [0.717, 1.165) is 0 Å². The van der Waals surface area contributed by atoms with E-state index in [1.165, 1.54) is 10.8 Å². The van der Waals surface area contributed by atoms with Crippen molar-refractivity contribution in [3.05, 3.63) is 33.6 Å². The summed E-state index contributed by atoms with van der Waals surface area (Å²) in [6.45, 7) is 5.46. The molecular weight excluding hydrogens is 334 g/mol. The molecule has 2 N–H and O–H groups in total. The van der Waals surface area contributed by atoms with E-state index < -0.39 is 34.3 Å². The lowest BCUT2D eigenvalue weighted by atomic mass is 9.98. The Labute approximate surface area is 142 Å². The topological polar surface area (TPSA) is 83.5 Å². The summed E-state index contributed by atoms with van der Waals surface area (Å²) in [5.74, 6) is -3.84. The molecule has 0 spiro atoms. The number of nitrogen functional groups attached to an aromatic ring is 1. The molecule has 3 rings (SSSR count). The molecule has 0 amide bonds. The number of nitrogens with zero attached hydrogens (tertiary/aromatic N) is 1. The molecule has 2 aromatic rings. The molecule has 0 unspecified atom stereocenters. The molecule has 0 saturated heterocycles. The van der Waals surface area contributed by atoms with Crippen molar-refractivity contribution in [2.45, 2.75) is 32.7 Å². The highest BCUT2D eigenvalue weighted by molar-refractivity contribution is 6.00. The van der Waals surface area contributed by atoms with Crippen LogP contribution in [0.15, 0.2) is 11.0 Å². The lowest BCUT2D eigenvalue weighted by Crippen LogP contribution is -2.31. The number of anilines is 1. The first-order chi connectivity index (χ1) is 11.7. The first kappa shape index (κ1) is 17.2. The van der Waals surface area contributed by atoms with E-state index in [2.05, 4.69) is 0 Å². The normalized spacial score (nSPS) is 15.6. The van der Waals surface area contributed by atoms with E-state index in [9.17, 15) is 18.4 Å². The minimum atomic E-state index is -1.37. The van der Waals surface area contributed by atoms with Crippen LogP contribution in [0, 0.1) is 11.6 Å². The van der Waals surface area contributed by atoms with Crippen LogP contribution in [0.4, 0.5) is 14.5 Å². The third-order valence-corrected chi connectivity index (χ3v) is 4.43. The molecule has 0 atom stereocenters. The van der Waals surface area contributed by atoms with Gasteiger partial charge < -0.3 is 19.8 Å². The standard InChI is InChI=1S/C17H18F2N2O4/c1-4-24-16(23)8-7-21-13-9(14(8)22)12(20)10(18)11(19)15(13)25-6-5-17(21,2)3/h7H,4-6,20H2,1-3H3. The van der Waals surface area contributed by atoms with Gasteiger partial charge in [-0.25, -0.2) is 9.18 Å². The summed E-state index contributed by atoms with van der Waals surface area (Å²) >= 11 is 0. The van der Waals surface area contributed by atoms with Gasteiger partial charge in [-0.1, -0.05) is 0 Å². The van der Waals surface area contributed by atoms with Crippen LogP contribution in [-0.4, -0.2) is 23.8 Å². The highest BCUT2D eigenvalue weighted by atomic mass is 19.2. The second kappa shape index (κ2) is 5.72. The Morgan fingerprint density at radius 2 is 2.08 bits per heavy atom. The van der Waals surface area contributed by atoms with Crippen molar-refractivity contribution in [3.8, 4) is 5.75 Å². The summed E-state index contributed by atoms with van der Waals surface area (Å²) in [5.41, 5.74) is 3.34. The summed E-state index contributed by atoms with van der Waals surface area (Å²) in [5, 5.41) is -0.283. The van der Waals surface area contributed by atoms with Gasteiger partial charge in [0.05, 0.1) is 24.3 Å². The van der Waals surface area contributed by atoms with E-state index >= 15 is 0 Å². The fourth-order valence-electron chi connectivity index (χ4n) is 3.01. The van der Waals surface area contributed by atoms with Gasteiger partial charge in [0.2, 0.25) is 11.2 Å². The molecule has 0 saturated carbocycles. The highest BCUT2D eigenvalue weighted by Gasteiger charge is 2.33. The first-order valence-corrected chi connectivity index (χ1v) is 7.87. The molecule has 1 aliphatic rings. The van der Waals surface area contributed by atoms with Crippen LogP contribution in [0.5, 0.6) is 5.75 Å². The number of hydrogen-bond acceptors (Lipinski definition) is 5. The zero-order chi connectivity index (χ0) is 18.5. The van der Waals surface area contributed by atoms with E-state index in [1.54, 1.807) is 6.92 Å². The number of pyridine rings is 1. The van der Waals surface area contributed by atoms with Crippen LogP contribution in [0.1, 0.15) is 37.6 Å². The number of carbonyl (C=O) groups is 1. The molecule has 6 nitrogen and oxygen atoms in total.